The van der Waals surface area contributed by atoms with Crippen LogP contribution in [0.1, 0.15) is 12.5 Å². The minimum absolute atomic E-state index is 0.109. The first-order valence-corrected chi connectivity index (χ1v) is 6.71. The third kappa shape index (κ3) is 3.59. The summed E-state index contributed by atoms with van der Waals surface area (Å²) in [7, 11) is 0. The number of para-hydroxylation sites is 1. The monoisotopic (exact) mass is 305 g/mol. The molecular weight excluding hydrogens is 290 g/mol. The Morgan fingerprint density at radius 3 is 2.56 bits per heavy atom. The molecule has 1 atom stereocenters. The Kier molecular flexibility index (Phi) is 4.39. The summed E-state index contributed by atoms with van der Waals surface area (Å²) in [6.45, 7) is 1.99. The van der Waals surface area contributed by atoms with E-state index in [4.69, 9.17) is 10.5 Å². The van der Waals surface area contributed by atoms with Crippen LogP contribution in [-0.4, -0.2) is 6.04 Å². The number of halogens is 1. The second-order valence-electron chi connectivity index (χ2n) is 4.35. The van der Waals surface area contributed by atoms with Crippen LogP contribution in [0.2, 0.25) is 0 Å². The molecule has 0 aliphatic heterocycles. The number of hydrogen-bond donors (Lipinski definition) is 1. The SMILES string of the molecule is CC(N)Cc1cc(Br)ccc1Oc1ccccc1. The fourth-order valence-electron chi connectivity index (χ4n) is 1.77. The fourth-order valence-corrected chi connectivity index (χ4v) is 2.18. The van der Waals surface area contributed by atoms with Crippen molar-refractivity contribution in [3.8, 4) is 11.5 Å². The third-order valence-corrected chi connectivity index (χ3v) is 3.03. The van der Waals surface area contributed by atoms with E-state index < -0.39 is 0 Å². The molecule has 0 heterocycles. The first-order valence-electron chi connectivity index (χ1n) is 5.92. The third-order valence-electron chi connectivity index (χ3n) is 2.54. The minimum atomic E-state index is 0.109. The van der Waals surface area contributed by atoms with E-state index >= 15 is 0 Å². The van der Waals surface area contributed by atoms with Crippen molar-refractivity contribution in [1.29, 1.82) is 0 Å². The van der Waals surface area contributed by atoms with Crippen LogP contribution in [0.15, 0.2) is 53.0 Å². The van der Waals surface area contributed by atoms with E-state index in [-0.39, 0.29) is 6.04 Å². The lowest BCUT2D eigenvalue weighted by Gasteiger charge is -2.13. The summed E-state index contributed by atoms with van der Waals surface area (Å²) in [5.41, 5.74) is 6.98. The maximum atomic E-state index is 5.89. The van der Waals surface area contributed by atoms with Gasteiger partial charge in [-0.2, -0.15) is 0 Å². The van der Waals surface area contributed by atoms with E-state index in [1.165, 1.54) is 0 Å². The Balaban J connectivity index is 2.26. The molecule has 94 valence electrons. The number of rotatable bonds is 4. The summed E-state index contributed by atoms with van der Waals surface area (Å²) in [4.78, 5) is 0. The summed E-state index contributed by atoms with van der Waals surface area (Å²) >= 11 is 3.48. The maximum Gasteiger partial charge on any atom is 0.130 e. The van der Waals surface area contributed by atoms with E-state index in [2.05, 4.69) is 22.0 Å². The van der Waals surface area contributed by atoms with Gasteiger partial charge in [-0.1, -0.05) is 34.1 Å². The van der Waals surface area contributed by atoms with Crippen molar-refractivity contribution < 1.29 is 4.74 Å². The molecule has 0 bridgehead atoms. The van der Waals surface area contributed by atoms with Gasteiger partial charge in [-0.25, -0.2) is 0 Å². The zero-order valence-electron chi connectivity index (χ0n) is 10.3. The first kappa shape index (κ1) is 13.1. The summed E-state index contributed by atoms with van der Waals surface area (Å²) in [6.07, 6.45) is 0.793. The topological polar surface area (TPSA) is 35.2 Å². The molecule has 2 nitrogen and oxygen atoms in total. The number of benzene rings is 2. The highest BCUT2D eigenvalue weighted by atomic mass is 79.9. The average Bonchev–Trinajstić information content (AvgIpc) is 2.33. The predicted octanol–water partition coefficient (Wildman–Crippen LogP) is 4.13. The van der Waals surface area contributed by atoms with Crippen molar-refractivity contribution in [1.82, 2.24) is 0 Å². The van der Waals surface area contributed by atoms with Gasteiger partial charge in [0.25, 0.3) is 0 Å². The Labute approximate surface area is 116 Å². The van der Waals surface area contributed by atoms with E-state index in [0.29, 0.717) is 0 Å². The quantitative estimate of drug-likeness (QED) is 0.921. The molecular formula is C15H16BrNO. The van der Waals surface area contributed by atoms with Gasteiger partial charge in [0.2, 0.25) is 0 Å². The van der Waals surface area contributed by atoms with Gasteiger partial charge in [-0.05, 0) is 49.2 Å². The van der Waals surface area contributed by atoms with Gasteiger partial charge >= 0.3 is 0 Å². The highest BCUT2D eigenvalue weighted by molar-refractivity contribution is 9.10. The van der Waals surface area contributed by atoms with E-state index in [1.807, 2.05) is 49.4 Å². The van der Waals surface area contributed by atoms with Crippen molar-refractivity contribution in [2.24, 2.45) is 5.73 Å². The first-order chi connectivity index (χ1) is 8.65. The standard InChI is InChI=1S/C15H16BrNO/c1-11(17)9-12-10-13(16)7-8-15(12)18-14-5-3-2-4-6-14/h2-8,10-11H,9,17H2,1H3. The predicted molar refractivity (Wildman–Crippen MR) is 78.0 cm³/mol. The highest BCUT2D eigenvalue weighted by Gasteiger charge is 2.08. The lowest BCUT2D eigenvalue weighted by Crippen LogP contribution is -2.18. The van der Waals surface area contributed by atoms with Crippen molar-refractivity contribution in [2.75, 3.05) is 0 Å². The summed E-state index contributed by atoms with van der Waals surface area (Å²) in [5, 5.41) is 0. The molecule has 0 radical (unpaired) electrons. The number of ether oxygens (including phenoxy) is 1. The van der Waals surface area contributed by atoms with Crippen LogP contribution in [0.5, 0.6) is 11.5 Å². The van der Waals surface area contributed by atoms with E-state index in [9.17, 15) is 0 Å². The lowest BCUT2D eigenvalue weighted by molar-refractivity contribution is 0.473. The van der Waals surface area contributed by atoms with Gasteiger partial charge in [0, 0.05) is 10.5 Å². The van der Waals surface area contributed by atoms with Gasteiger partial charge in [0.1, 0.15) is 11.5 Å². The molecule has 0 saturated carbocycles. The smallest absolute Gasteiger partial charge is 0.130 e. The largest absolute Gasteiger partial charge is 0.457 e. The normalized spacial score (nSPS) is 12.2. The van der Waals surface area contributed by atoms with Crippen LogP contribution in [0.4, 0.5) is 0 Å². The molecule has 0 saturated heterocycles. The van der Waals surface area contributed by atoms with Crippen molar-refractivity contribution >= 4 is 15.9 Å². The van der Waals surface area contributed by atoms with Gasteiger partial charge in [-0.3, -0.25) is 0 Å². The molecule has 2 rings (SSSR count). The Morgan fingerprint density at radius 2 is 1.89 bits per heavy atom. The van der Waals surface area contributed by atoms with Gasteiger partial charge in [0.05, 0.1) is 0 Å². The van der Waals surface area contributed by atoms with Crippen LogP contribution in [0, 0.1) is 0 Å². The second-order valence-corrected chi connectivity index (χ2v) is 5.26. The summed E-state index contributed by atoms with van der Waals surface area (Å²) < 4.78 is 6.93. The molecule has 0 aliphatic carbocycles. The lowest BCUT2D eigenvalue weighted by atomic mass is 10.1. The van der Waals surface area contributed by atoms with Crippen LogP contribution >= 0.6 is 15.9 Å². The molecule has 3 heteroatoms. The Bertz CT molecular complexity index is 511. The van der Waals surface area contributed by atoms with Gasteiger partial charge < -0.3 is 10.5 Å². The van der Waals surface area contributed by atoms with Crippen molar-refractivity contribution in [3.05, 3.63) is 58.6 Å². The Hall–Kier alpha value is -1.32. The Morgan fingerprint density at radius 1 is 1.17 bits per heavy atom. The number of hydrogen-bond acceptors (Lipinski definition) is 2. The van der Waals surface area contributed by atoms with Crippen molar-refractivity contribution in [3.63, 3.8) is 0 Å². The summed E-state index contributed by atoms with van der Waals surface area (Å²) in [6, 6.07) is 15.9. The zero-order chi connectivity index (χ0) is 13.0. The average molecular weight is 306 g/mol. The molecule has 0 fully saturated rings. The van der Waals surface area contributed by atoms with E-state index in [1.54, 1.807) is 0 Å². The fraction of sp³-hybridized carbons (Fsp3) is 0.200. The van der Waals surface area contributed by atoms with Crippen LogP contribution in [-0.2, 0) is 6.42 Å². The highest BCUT2D eigenvalue weighted by Crippen LogP contribution is 2.28. The number of nitrogens with two attached hydrogens (primary N) is 1. The molecule has 0 amide bonds. The minimum Gasteiger partial charge on any atom is -0.457 e. The molecule has 2 N–H and O–H groups in total. The van der Waals surface area contributed by atoms with Crippen molar-refractivity contribution in [2.45, 2.75) is 19.4 Å². The van der Waals surface area contributed by atoms with Crippen LogP contribution in [0.3, 0.4) is 0 Å². The molecule has 2 aromatic carbocycles. The molecule has 2 aromatic rings. The van der Waals surface area contributed by atoms with Gasteiger partial charge in [-0.15, -0.1) is 0 Å². The molecule has 0 aromatic heterocycles. The molecule has 1 unspecified atom stereocenters. The second kappa shape index (κ2) is 6.03. The maximum absolute atomic E-state index is 5.89. The van der Waals surface area contributed by atoms with Crippen LogP contribution in [0.25, 0.3) is 0 Å². The molecule has 18 heavy (non-hydrogen) atoms. The van der Waals surface area contributed by atoms with Gasteiger partial charge in [0.15, 0.2) is 0 Å². The molecule has 0 spiro atoms. The zero-order valence-corrected chi connectivity index (χ0v) is 11.9. The van der Waals surface area contributed by atoms with Crippen LogP contribution < -0.4 is 10.5 Å². The van der Waals surface area contributed by atoms with E-state index in [0.717, 1.165) is 28.0 Å². The molecule has 0 aliphatic rings. The summed E-state index contributed by atoms with van der Waals surface area (Å²) in [5.74, 6) is 1.70.